The molecule has 7 nitrogen and oxygen atoms in total. The minimum absolute atomic E-state index is 0.0473. The van der Waals surface area contributed by atoms with Crippen molar-refractivity contribution in [2.24, 2.45) is 5.92 Å². The van der Waals surface area contributed by atoms with E-state index in [-0.39, 0.29) is 17.9 Å². The number of piperidine rings is 2. The Labute approximate surface area is 193 Å². The van der Waals surface area contributed by atoms with Crippen LogP contribution in [0.15, 0.2) is 54.9 Å². The SMILES string of the molecule is COc1ccccc1CC(=O)N1CC[C@@H]2[C@H](CCCN2C(=O)c2ccc3nccnc3c2)C1. The van der Waals surface area contributed by atoms with Crippen LogP contribution in [-0.4, -0.2) is 64.4 Å². The molecular weight excluding hydrogens is 416 g/mol. The third-order valence-electron chi connectivity index (χ3n) is 6.93. The number of nitrogens with zero attached hydrogens (tertiary/aromatic N) is 4. The molecule has 2 aromatic carbocycles. The topological polar surface area (TPSA) is 75.6 Å². The number of hydrogen-bond acceptors (Lipinski definition) is 5. The van der Waals surface area contributed by atoms with Gasteiger partial charge in [0.2, 0.25) is 5.91 Å². The lowest BCUT2D eigenvalue weighted by Gasteiger charge is -2.47. The maximum absolute atomic E-state index is 13.4. The molecule has 5 rings (SSSR count). The van der Waals surface area contributed by atoms with Gasteiger partial charge in [-0.25, -0.2) is 0 Å². The Morgan fingerprint density at radius 1 is 1.03 bits per heavy atom. The second kappa shape index (κ2) is 9.17. The first-order valence-corrected chi connectivity index (χ1v) is 11.6. The molecule has 7 heteroatoms. The van der Waals surface area contributed by atoms with Crippen LogP contribution >= 0.6 is 0 Å². The van der Waals surface area contributed by atoms with Gasteiger partial charge in [-0.05, 0) is 49.4 Å². The highest BCUT2D eigenvalue weighted by Gasteiger charge is 2.39. The highest BCUT2D eigenvalue weighted by molar-refractivity contribution is 5.97. The molecule has 0 spiro atoms. The summed E-state index contributed by atoms with van der Waals surface area (Å²) in [7, 11) is 1.63. The molecule has 1 aromatic heterocycles. The van der Waals surface area contributed by atoms with Crippen LogP contribution in [0.25, 0.3) is 11.0 Å². The Morgan fingerprint density at radius 3 is 2.70 bits per heavy atom. The van der Waals surface area contributed by atoms with E-state index in [1.54, 1.807) is 19.5 Å². The van der Waals surface area contributed by atoms with Crippen molar-refractivity contribution in [1.82, 2.24) is 19.8 Å². The van der Waals surface area contributed by atoms with E-state index < -0.39 is 0 Å². The molecule has 2 amide bonds. The summed E-state index contributed by atoms with van der Waals surface area (Å²) in [6, 6.07) is 13.4. The van der Waals surface area contributed by atoms with Crippen molar-refractivity contribution in [3.8, 4) is 5.75 Å². The second-order valence-corrected chi connectivity index (χ2v) is 8.85. The first-order chi connectivity index (χ1) is 16.1. The maximum Gasteiger partial charge on any atom is 0.254 e. The van der Waals surface area contributed by atoms with Gasteiger partial charge < -0.3 is 14.5 Å². The van der Waals surface area contributed by atoms with Crippen LogP contribution in [0.5, 0.6) is 5.75 Å². The highest BCUT2D eigenvalue weighted by atomic mass is 16.5. The van der Waals surface area contributed by atoms with Crippen LogP contribution in [0.4, 0.5) is 0 Å². The van der Waals surface area contributed by atoms with Gasteiger partial charge in [0.1, 0.15) is 5.75 Å². The van der Waals surface area contributed by atoms with Gasteiger partial charge in [-0.15, -0.1) is 0 Å². The third kappa shape index (κ3) is 4.27. The molecule has 2 atom stereocenters. The number of methoxy groups -OCH3 is 1. The number of fused-ring (bicyclic) bond motifs is 2. The summed E-state index contributed by atoms with van der Waals surface area (Å²) in [5.74, 6) is 1.22. The number of amides is 2. The minimum Gasteiger partial charge on any atom is -0.496 e. The Balaban J connectivity index is 1.28. The van der Waals surface area contributed by atoms with Crippen LogP contribution in [0.1, 0.15) is 35.2 Å². The van der Waals surface area contributed by atoms with Gasteiger partial charge in [-0.2, -0.15) is 0 Å². The van der Waals surface area contributed by atoms with Gasteiger partial charge in [0.25, 0.3) is 5.91 Å². The molecule has 0 N–H and O–H groups in total. The van der Waals surface area contributed by atoms with Gasteiger partial charge in [-0.3, -0.25) is 19.6 Å². The summed E-state index contributed by atoms with van der Waals surface area (Å²) >= 11 is 0. The van der Waals surface area contributed by atoms with Gasteiger partial charge in [-0.1, -0.05) is 18.2 Å². The van der Waals surface area contributed by atoms with E-state index in [1.807, 2.05) is 52.3 Å². The fraction of sp³-hybridized carbons (Fsp3) is 0.385. The van der Waals surface area contributed by atoms with E-state index in [1.165, 1.54) is 0 Å². The molecule has 2 saturated heterocycles. The number of carbonyl (C=O) groups excluding carboxylic acids is 2. The van der Waals surface area contributed by atoms with Gasteiger partial charge in [0.15, 0.2) is 0 Å². The molecule has 2 fully saturated rings. The maximum atomic E-state index is 13.4. The number of carbonyl (C=O) groups is 2. The first-order valence-electron chi connectivity index (χ1n) is 11.6. The summed E-state index contributed by atoms with van der Waals surface area (Å²) in [5.41, 5.74) is 3.08. The fourth-order valence-corrected chi connectivity index (χ4v) is 5.27. The Kier molecular flexibility index (Phi) is 5.94. The van der Waals surface area contributed by atoms with Crippen LogP contribution in [0.2, 0.25) is 0 Å². The average molecular weight is 445 g/mol. The van der Waals surface area contributed by atoms with Gasteiger partial charge >= 0.3 is 0 Å². The number of ether oxygens (including phenoxy) is 1. The summed E-state index contributed by atoms with van der Waals surface area (Å²) < 4.78 is 5.41. The van der Waals surface area contributed by atoms with Gasteiger partial charge in [0.05, 0.1) is 24.6 Å². The van der Waals surface area contributed by atoms with Crippen LogP contribution in [0, 0.1) is 5.92 Å². The van der Waals surface area contributed by atoms with Crippen LogP contribution < -0.4 is 4.74 Å². The average Bonchev–Trinajstić information content (AvgIpc) is 2.87. The smallest absolute Gasteiger partial charge is 0.254 e. The molecular formula is C26H28N4O3. The zero-order chi connectivity index (χ0) is 22.8. The Bertz CT molecular complexity index is 1180. The predicted molar refractivity (Wildman–Crippen MR) is 125 cm³/mol. The monoisotopic (exact) mass is 444 g/mol. The van der Waals surface area contributed by atoms with E-state index in [9.17, 15) is 9.59 Å². The van der Waals surface area contributed by atoms with E-state index in [0.29, 0.717) is 31.0 Å². The fourth-order valence-electron chi connectivity index (χ4n) is 5.27. The molecule has 0 unspecified atom stereocenters. The molecule has 0 aliphatic carbocycles. The van der Waals surface area contributed by atoms with Gasteiger partial charge in [0, 0.05) is 49.2 Å². The molecule has 2 aliphatic heterocycles. The zero-order valence-corrected chi connectivity index (χ0v) is 18.8. The van der Waals surface area contributed by atoms with Crippen molar-refractivity contribution in [3.05, 3.63) is 66.0 Å². The van der Waals surface area contributed by atoms with Crippen LogP contribution in [0.3, 0.4) is 0 Å². The molecule has 0 bridgehead atoms. The van der Waals surface area contributed by atoms with Crippen molar-refractivity contribution >= 4 is 22.8 Å². The number of hydrogen-bond donors (Lipinski definition) is 0. The van der Waals surface area contributed by atoms with E-state index in [2.05, 4.69) is 9.97 Å². The lowest BCUT2D eigenvalue weighted by atomic mass is 9.83. The molecule has 2 aliphatic rings. The molecule has 3 aromatic rings. The third-order valence-corrected chi connectivity index (χ3v) is 6.93. The highest BCUT2D eigenvalue weighted by Crippen LogP contribution is 2.32. The van der Waals surface area contributed by atoms with E-state index in [4.69, 9.17) is 4.74 Å². The second-order valence-electron chi connectivity index (χ2n) is 8.85. The lowest BCUT2D eigenvalue weighted by molar-refractivity contribution is -0.133. The number of benzene rings is 2. The van der Waals surface area contributed by atoms with Crippen molar-refractivity contribution in [3.63, 3.8) is 0 Å². The molecule has 33 heavy (non-hydrogen) atoms. The number of aromatic nitrogens is 2. The van der Waals surface area contributed by atoms with Crippen molar-refractivity contribution in [2.75, 3.05) is 26.7 Å². The lowest BCUT2D eigenvalue weighted by Crippen LogP contribution is -2.56. The van der Waals surface area contributed by atoms with Crippen LogP contribution in [-0.2, 0) is 11.2 Å². The largest absolute Gasteiger partial charge is 0.496 e. The van der Waals surface area contributed by atoms with Crippen molar-refractivity contribution < 1.29 is 14.3 Å². The molecule has 0 radical (unpaired) electrons. The molecule has 170 valence electrons. The quantitative estimate of drug-likeness (QED) is 0.617. The summed E-state index contributed by atoms with van der Waals surface area (Å²) in [5, 5.41) is 0. The number of para-hydroxylation sites is 1. The van der Waals surface area contributed by atoms with Crippen molar-refractivity contribution in [1.29, 1.82) is 0 Å². The molecule has 3 heterocycles. The summed E-state index contributed by atoms with van der Waals surface area (Å²) in [6.45, 7) is 2.13. The number of likely N-dealkylation sites (tertiary alicyclic amines) is 2. The molecule has 0 saturated carbocycles. The standard InChI is InChI=1S/C26H28N4O3/c1-33-24-7-3-2-5-18(24)16-25(31)29-14-10-23-20(17-29)6-4-13-30(23)26(32)19-8-9-21-22(15-19)28-12-11-27-21/h2-3,5,7-9,11-12,15,20,23H,4,6,10,13-14,16-17H2,1H3/t20-,23-/m1/s1. The summed E-state index contributed by atoms with van der Waals surface area (Å²) in [4.78, 5) is 39.1. The normalized spacial score (nSPS) is 20.4. The minimum atomic E-state index is 0.0473. The zero-order valence-electron chi connectivity index (χ0n) is 18.8. The predicted octanol–water partition coefficient (Wildman–Crippen LogP) is 3.33. The summed E-state index contributed by atoms with van der Waals surface area (Å²) in [6.07, 6.45) is 6.43. The van der Waals surface area contributed by atoms with E-state index in [0.717, 1.165) is 48.2 Å². The first kappa shape index (κ1) is 21.4. The van der Waals surface area contributed by atoms with E-state index >= 15 is 0 Å². The Morgan fingerprint density at radius 2 is 1.85 bits per heavy atom. The van der Waals surface area contributed by atoms with Crippen molar-refractivity contribution in [2.45, 2.75) is 31.7 Å². The Hall–Kier alpha value is -3.48. The number of rotatable bonds is 4.